The average molecular weight is 459 g/mol. The van der Waals surface area contributed by atoms with Crippen molar-refractivity contribution in [2.75, 3.05) is 13.9 Å². The molecule has 1 amide bonds. The number of fused-ring (bicyclic) bond motifs is 3. The molecule has 2 aliphatic rings. The lowest BCUT2D eigenvalue weighted by atomic mass is 9.98. The standard InChI is InChI=1S/C26H18FNO6/c1-31-17-6-3-15(4-7-17)23-22-24(29)18-11-16(27)5-9-19(18)34-25(22)26(30)28(23)12-14-2-8-20-21(10-14)33-13-32-20/h2-11,23H,12-13H2,1H3/t23-/m1/s1. The van der Waals surface area contributed by atoms with Gasteiger partial charge < -0.3 is 23.5 Å². The molecule has 170 valence electrons. The van der Waals surface area contributed by atoms with E-state index in [0.29, 0.717) is 22.8 Å². The van der Waals surface area contributed by atoms with E-state index in [2.05, 4.69) is 0 Å². The smallest absolute Gasteiger partial charge is 0.291 e. The van der Waals surface area contributed by atoms with E-state index in [1.807, 2.05) is 12.1 Å². The molecule has 34 heavy (non-hydrogen) atoms. The van der Waals surface area contributed by atoms with Crippen molar-refractivity contribution in [2.45, 2.75) is 12.6 Å². The molecule has 0 unspecified atom stereocenters. The Morgan fingerprint density at radius 1 is 1.00 bits per heavy atom. The number of ether oxygens (including phenoxy) is 3. The fraction of sp³-hybridized carbons (Fsp3) is 0.154. The van der Waals surface area contributed by atoms with Crippen LogP contribution >= 0.6 is 0 Å². The largest absolute Gasteiger partial charge is 0.497 e. The first kappa shape index (κ1) is 20.3. The molecule has 6 rings (SSSR count). The number of halogens is 1. The molecule has 0 aliphatic carbocycles. The van der Waals surface area contributed by atoms with Crippen LogP contribution in [0.25, 0.3) is 11.0 Å². The molecule has 8 heteroatoms. The first-order valence-corrected chi connectivity index (χ1v) is 10.6. The van der Waals surface area contributed by atoms with Gasteiger partial charge in [-0.2, -0.15) is 0 Å². The monoisotopic (exact) mass is 459 g/mol. The molecule has 1 atom stereocenters. The summed E-state index contributed by atoms with van der Waals surface area (Å²) < 4.78 is 35.9. The third kappa shape index (κ3) is 3.10. The zero-order chi connectivity index (χ0) is 23.4. The Morgan fingerprint density at radius 2 is 1.79 bits per heavy atom. The summed E-state index contributed by atoms with van der Waals surface area (Å²) in [6, 6.07) is 15.5. The second-order valence-corrected chi connectivity index (χ2v) is 8.11. The summed E-state index contributed by atoms with van der Waals surface area (Å²) in [5, 5.41) is 0.0926. The van der Waals surface area contributed by atoms with Crippen molar-refractivity contribution in [3.05, 3.63) is 99.2 Å². The fourth-order valence-corrected chi connectivity index (χ4v) is 4.52. The summed E-state index contributed by atoms with van der Waals surface area (Å²) in [6.45, 7) is 0.337. The highest BCUT2D eigenvalue weighted by Gasteiger charge is 2.42. The highest BCUT2D eigenvalue weighted by molar-refractivity contribution is 5.99. The lowest BCUT2D eigenvalue weighted by Crippen LogP contribution is -2.29. The molecule has 0 fully saturated rings. The first-order valence-electron chi connectivity index (χ1n) is 10.6. The minimum absolute atomic E-state index is 0.0364. The Kier molecular flexibility index (Phi) is 4.55. The van der Waals surface area contributed by atoms with Gasteiger partial charge in [-0.25, -0.2) is 4.39 Å². The van der Waals surface area contributed by atoms with Crippen LogP contribution in [0.2, 0.25) is 0 Å². The molecule has 0 radical (unpaired) electrons. The summed E-state index contributed by atoms with van der Waals surface area (Å²) in [7, 11) is 1.56. The van der Waals surface area contributed by atoms with Crippen LogP contribution in [-0.4, -0.2) is 24.7 Å². The minimum atomic E-state index is -0.720. The van der Waals surface area contributed by atoms with Crippen LogP contribution in [0.3, 0.4) is 0 Å². The number of benzene rings is 3. The van der Waals surface area contributed by atoms with Gasteiger partial charge >= 0.3 is 0 Å². The number of methoxy groups -OCH3 is 1. The van der Waals surface area contributed by atoms with E-state index in [0.717, 1.165) is 11.6 Å². The molecule has 1 aromatic heterocycles. The average Bonchev–Trinajstić information content (AvgIpc) is 3.43. The molecular formula is C26H18FNO6. The number of carbonyl (C=O) groups is 1. The van der Waals surface area contributed by atoms with Gasteiger partial charge in [-0.3, -0.25) is 9.59 Å². The maximum absolute atomic E-state index is 13.9. The highest BCUT2D eigenvalue weighted by Crippen LogP contribution is 2.40. The number of rotatable bonds is 4. The summed E-state index contributed by atoms with van der Waals surface area (Å²) in [5.74, 6) is 0.864. The number of nitrogens with zero attached hydrogens (tertiary/aromatic N) is 1. The topological polar surface area (TPSA) is 78.2 Å². The van der Waals surface area contributed by atoms with Crippen LogP contribution in [-0.2, 0) is 6.54 Å². The van der Waals surface area contributed by atoms with Crippen molar-refractivity contribution in [3.8, 4) is 17.2 Å². The quantitative estimate of drug-likeness (QED) is 0.450. The number of amides is 1. The number of hydrogen-bond donors (Lipinski definition) is 0. The highest BCUT2D eigenvalue weighted by atomic mass is 19.1. The third-order valence-electron chi connectivity index (χ3n) is 6.15. The van der Waals surface area contributed by atoms with Gasteiger partial charge in [0, 0.05) is 6.54 Å². The molecular weight excluding hydrogens is 441 g/mol. The van der Waals surface area contributed by atoms with Crippen LogP contribution < -0.4 is 19.6 Å². The number of carbonyl (C=O) groups excluding carboxylic acids is 1. The van der Waals surface area contributed by atoms with Crippen LogP contribution in [0.15, 0.2) is 69.9 Å². The van der Waals surface area contributed by atoms with Crippen molar-refractivity contribution in [1.82, 2.24) is 4.90 Å². The molecule has 0 N–H and O–H groups in total. The Bertz CT molecular complexity index is 1510. The number of hydrogen-bond acceptors (Lipinski definition) is 6. The molecule has 3 aromatic carbocycles. The third-order valence-corrected chi connectivity index (χ3v) is 6.15. The molecule has 0 spiro atoms. The Balaban J connectivity index is 1.51. The minimum Gasteiger partial charge on any atom is -0.497 e. The van der Waals surface area contributed by atoms with E-state index < -0.39 is 23.2 Å². The first-order chi connectivity index (χ1) is 16.5. The second-order valence-electron chi connectivity index (χ2n) is 8.11. The molecule has 0 bridgehead atoms. The molecule has 0 saturated carbocycles. The summed E-state index contributed by atoms with van der Waals surface area (Å²) >= 11 is 0. The van der Waals surface area contributed by atoms with E-state index in [1.54, 1.807) is 42.3 Å². The normalized spacial score (nSPS) is 16.2. The van der Waals surface area contributed by atoms with Gasteiger partial charge in [0.15, 0.2) is 16.9 Å². The van der Waals surface area contributed by atoms with Gasteiger partial charge in [-0.05, 0) is 53.6 Å². The van der Waals surface area contributed by atoms with Crippen LogP contribution in [0.5, 0.6) is 17.2 Å². The lowest BCUT2D eigenvalue weighted by Gasteiger charge is -2.25. The molecule has 2 aliphatic heterocycles. The van der Waals surface area contributed by atoms with Crippen molar-refractivity contribution in [2.24, 2.45) is 0 Å². The molecule has 3 heterocycles. The lowest BCUT2D eigenvalue weighted by molar-refractivity contribution is 0.0714. The SMILES string of the molecule is COc1ccc([C@@H]2c3c(oc4ccc(F)cc4c3=O)C(=O)N2Cc2ccc3c(c2)OCO3)cc1. The maximum atomic E-state index is 13.9. The van der Waals surface area contributed by atoms with E-state index in [1.165, 1.54) is 12.1 Å². The van der Waals surface area contributed by atoms with Crippen molar-refractivity contribution in [3.63, 3.8) is 0 Å². The summed E-state index contributed by atoms with van der Waals surface area (Å²) in [4.78, 5) is 28.6. The van der Waals surface area contributed by atoms with Crippen molar-refractivity contribution < 1.29 is 27.8 Å². The van der Waals surface area contributed by atoms with E-state index in [9.17, 15) is 14.0 Å². The summed E-state index contributed by atoms with van der Waals surface area (Å²) in [6.07, 6.45) is 0. The van der Waals surface area contributed by atoms with Gasteiger partial charge in [-0.1, -0.05) is 18.2 Å². The van der Waals surface area contributed by atoms with Gasteiger partial charge in [-0.15, -0.1) is 0 Å². The van der Waals surface area contributed by atoms with E-state index in [4.69, 9.17) is 18.6 Å². The molecule has 7 nitrogen and oxygen atoms in total. The van der Waals surface area contributed by atoms with Crippen molar-refractivity contribution >= 4 is 16.9 Å². The van der Waals surface area contributed by atoms with Crippen LogP contribution in [0, 0.1) is 5.82 Å². The van der Waals surface area contributed by atoms with Crippen LogP contribution in [0.1, 0.15) is 33.3 Å². The molecule has 0 saturated heterocycles. The zero-order valence-corrected chi connectivity index (χ0v) is 18.0. The van der Waals surface area contributed by atoms with Gasteiger partial charge in [0.05, 0.1) is 24.1 Å². The predicted octanol–water partition coefficient (Wildman–Crippen LogP) is 4.41. The van der Waals surface area contributed by atoms with E-state index in [-0.39, 0.29) is 35.6 Å². The maximum Gasteiger partial charge on any atom is 0.291 e. The zero-order valence-electron chi connectivity index (χ0n) is 18.0. The van der Waals surface area contributed by atoms with Crippen molar-refractivity contribution in [1.29, 1.82) is 0 Å². The molecule has 4 aromatic rings. The van der Waals surface area contributed by atoms with Gasteiger partial charge in [0.25, 0.3) is 5.91 Å². The Morgan fingerprint density at radius 3 is 2.59 bits per heavy atom. The Hall–Kier alpha value is -4.33. The van der Waals surface area contributed by atoms with Gasteiger partial charge in [0.2, 0.25) is 12.6 Å². The Labute approximate surface area is 192 Å². The summed E-state index contributed by atoms with van der Waals surface area (Å²) in [5.41, 5.74) is 1.42. The van der Waals surface area contributed by atoms with Crippen LogP contribution in [0.4, 0.5) is 4.39 Å². The van der Waals surface area contributed by atoms with Gasteiger partial charge in [0.1, 0.15) is 17.1 Å². The fourth-order valence-electron chi connectivity index (χ4n) is 4.52. The second kappa shape index (κ2) is 7.62. The predicted molar refractivity (Wildman–Crippen MR) is 120 cm³/mol. The van der Waals surface area contributed by atoms with E-state index >= 15 is 0 Å².